The van der Waals surface area contributed by atoms with Crippen molar-refractivity contribution in [2.45, 2.75) is 26.3 Å². The van der Waals surface area contributed by atoms with E-state index in [1.807, 2.05) is 6.92 Å². The van der Waals surface area contributed by atoms with Crippen LogP contribution in [-0.4, -0.2) is 12.6 Å². The monoisotopic (exact) mass is 187 g/mol. The Morgan fingerprint density at radius 2 is 2.29 bits per heavy atom. The van der Waals surface area contributed by atoms with Crippen LogP contribution < -0.4 is 5.32 Å². The molecule has 1 aromatic carbocycles. The molecule has 0 saturated heterocycles. The summed E-state index contributed by atoms with van der Waals surface area (Å²) in [6, 6.07) is 8.73. The second kappa shape index (κ2) is 5.47. The van der Waals surface area contributed by atoms with Crippen LogP contribution in [0.1, 0.15) is 18.1 Å². The highest BCUT2D eigenvalue weighted by atomic mass is 14.9. The Bertz CT molecular complexity index is 322. The maximum Gasteiger partial charge on any atom is 0.0658 e. The number of hydrogen-bond donors (Lipinski definition) is 1. The fraction of sp³-hybridized carbons (Fsp3) is 0.385. The first kappa shape index (κ1) is 10.8. The molecule has 0 aliphatic carbocycles. The molecule has 0 aliphatic rings. The molecule has 1 rings (SSSR count). The molecule has 1 aromatic rings. The summed E-state index contributed by atoms with van der Waals surface area (Å²) in [5.41, 5.74) is 2.68. The molecule has 0 radical (unpaired) electrons. The molecule has 1 heteroatoms. The SMILES string of the molecule is C#CC(C)NCCc1cccc(C)c1. The van der Waals surface area contributed by atoms with Gasteiger partial charge >= 0.3 is 0 Å². The topological polar surface area (TPSA) is 12.0 Å². The minimum absolute atomic E-state index is 0.166. The molecule has 1 N–H and O–H groups in total. The molecule has 0 bridgehead atoms. The molecule has 1 nitrogen and oxygen atoms in total. The number of nitrogens with one attached hydrogen (secondary N) is 1. The average molecular weight is 187 g/mol. The van der Waals surface area contributed by atoms with Crippen molar-refractivity contribution >= 4 is 0 Å². The third-order valence-corrected chi connectivity index (χ3v) is 2.20. The first-order chi connectivity index (χ1) is 6.72. The van der Waals surface area contributed by atoms with E-state index in [1.54, 1.807) is 0 Å². The minimum Gasteiger partial charge on any atom is -0.304 e. The first-order valence-electron chi connectivity index (χ1n) is 4.97. The summed E-state index contributed by atoms with van der Waals surface area (Å²) in [6.07, 6.45) is 6.30. The van der Waals surface area contributed by atoms with Crippen molar-refractivity contribution < 1.29 is 0 Å². The Hall–Kier alpha value is -1.26. The van der Waals surface area contributed by atoms with E-state index in [1.165, 1.54) is 11.1 Å². The van der Waals surface area contributed by atoms with Crippen LogP contribution in [0.25, 0.3) is 0 Å². The molecule has 0 heterocycles. The summed E-state index contributed by atoms with van der Waals surface area (Å²) in [5.74, 6) is 2.65. The van der Waals surface area contributed by atoms with Gasteiger partial charge in [0.2, 0.25) is 0 Å². The van der Waals surface area contributed by atoms with Gasteiger partial charge in [-0.05, 0) is 25.8 Å². The van der Waals surface area contributed by atoms with E-state index in [0.717, 1.165) is 13.0 Å². The van der Waals surface area contributed by atoms with E-state index in [4.69, 9.17) is 6.42 Å². The van der Waals surface area contributed by atoms with Gasteiger partial charge in [0.1, 0.15) is 0 Å². The van der Waals surface area contributed by atoms with Crippen LogP contribution >= 0.6 is 0 Å². The number of rotatable bonds is 4. The third kappa shape index (κ3) is 3.64. The molecule has 0 fully saturated rings. The lowest BCUT2D eigenvalue weighted by Crippen LogP contribution is -2.26. The molecule has 1 unspecified atom stereocenters. The van der Waals surface area contributed by atoms with Crippen molar-refractivity contribution in [3.05, 3.63) is 35.4 Å². The number of benzene rings is 1. The zero-order chi connectivity index (χ0) is 10.4. The van der Waals surface area contributed by atoms with Gasteiger partial charge in [-0.3, -0.25) is 0 Å². The van der Waals surface area contributed by atoms with Gasteiger partial charge < -0.3 is 5.32 Å². The Balaban J connectivity index is 2.36. The molecule has 74 valence electrons. The highest BCUT2D eigenvalue weighted by molar-refractivity contribution is 5.22. The first-order valence-corrected chi connectivity index (χ1v) is 4.97. The van der Waals surface area contributed by atoms with Crippen molar-refractivity contribution in [1.29, 1.82) is 0 Å². The summed E-state index contributed by atoms with van der Waals surface area (Å²) in [6.45, 7) is 5.05. The molecule has 0 saturated carbocycles. The summed E-state index contributed by atoms with van der Waals surface area (Å²) in [4.78, 5) is 0. The normalized spacial score (nSPS) is 12.1. The van der Waals surface area contributed by atoms with Gasteiger partial charge in [-0.2, -0.15) is 0 Å². The molecule has 1 atom stereocenters. The van der Waals surface area contributed by atoms with Crippen molar-refractivity contribution in [2.75, 3.05) is 6.54 Å². The van der Waals surface area contributed by atoms with Gasteiger partial charge in [0.15, 0.2) is 0 Å². The fourth-order valence-corrected chi connectivity index (χ4v) is 1.36. The highest BCUT2D eigenvalue weighted by Gasteiger charge is 1.96. The second-order valence-corrected chi connectivity index (χ2v) is 3.58. The van der Waals surface area contributed by atoms with Crippen LogP contribution in [0.15, 0.2) is 24.3 Å². The largest absolute Gasteiger partial charge is 0.304 e. The lowest BCUT2D eigenvalue weighted by Gasteiger charge is -2.07. The quantitative estimate of drug-likeness (QED) is 0.712. The van der Waals surface area contributed by atoms with Crippen LogP contribution in [0, 0.1) is 19.3 Å². The molecule has 0 amide bonds. The summed E-state index contributed by atoms with van der Waals surface area (Å²) in [7, 11) is 0. The maximum absolute atomic E-state index is 5.26. The van der Waals surface area contributed by atoms with Crippen LogP contribution in [0.4, 0.5) is 0 Å². The molecule has 0 spiro atoms. The highest BCUT2D eigenvalue weighted by Crippen LogP contribution is 2.03. The van der Waals surface area contributed by atoms with Crippen molar-refractivity contribution in [3.8, 4) is 12.3 Å². The van der Waals surface area contributed by atoms with Crippen molar-refractivity contribution in [1.82, 2.24) is 5.32 Å². The van der Waals surface area contributed by atoms with Gasteiger partial charge in [0.05, 0.1) is 6.04 Å². The predicted molar refractivity (Wildman–Crippen MR) is 61.2 cm³/mol. The predicted octanol–water partition coefficient (Wildman–Crippen LogP) is 2.15. The van der Waals surface area contributed by atoms with E-state index in [2.05, 4.69) is 42.4 Å². The minimum atomic E-state index is 0.166. The average Bonchev–Trinajstić information content (AvgIpc) is 2.17. The third-order valence-electron chi connectivity index (χ3n) is 2.20. The number of terminal acetylenes is 1. The van der Waals surface area contributed by atoms with E-state index in [9.17, 15) is 0 Å². The van der Waals surface area contributed by atoms with E-state index in [0.29, 0.717) is 0 Å². The van der Waals surface area contributed by atoms with E-state index < -0.39 is 0 Å². The lowest BCUT2D eigenvalue weighted by atomic mass is 10.1. The summed E-state index contributed by atoms with van der Waals surface area (Å²) in [5, 5.41) is 3.26. The van der Waals surface area contributed by atoms with Gasteiger partial charge in [-0.15, -0.1) is 6.42 Å². The summed E-state index contributed by atoms with van der Waals surface area (Å²) >= 11 is 0. The fourth-order valence-electron chi connectivity index (χ4n) is 1.36. The lowest BCUT2D eigenvalue weighted by molar-refractivity contribution is 0.646. The van der Waals surface area contributed by atoms with Crippen LogP contribution in [0.5, 0.6) is 0 Å². The Morgan fingerprint density at radius 3 is 2.93 bits per heavy atom. The van der Waals surface area contributed by atoms with Gasteiger partial charge in [0.25, 0.3) is 0 Å². The molecule has 0 aliphatic heterocycles. The number of aryl methyl sites for hydroxylation is 1. The van der Waals surface area contributed by atoms with Gasteiger partial charge in [0, 0.05) is 6.54 Å². The van der Waals surface area contributed by atoms with E-state index >= 15 is 0 Å². The van der Waals surface area contributed by atoms with Crippen LogP contribution in [-0.2, 0) is 6.42 Å². The van der Waals surface area contributed by atoms with Crippen molar-refractivity contribution in [2.24, 2.45) is 0 Å². The summed E-state index contributed by atoms with van der Waals surface area (Å²) < 4.78 is 0. The van der Waals surface area contributed by atoms with Crippen molar-refractivity contribution in [3.63, 3.8) is 0 Å². The van der Waals surface area contributed by atoms with Gasteiger partial charge in [-0.1, -0.05) is 35.7 Å². The zero-order valence-electron chi connectivity index (χ0n) is 8.88. The second-order valence-electron chi connectivity index (χ2n) is 3.58. The van der Waals surface area contributed by atoms with Crippen LogP contribution in [0.3, 0.4) is 0 Å². The molecule has 0 aromatic heterocycles. The molecular formula is C13H17N. The zero-order valence-corrected chi connectivity index (χ0v) is 8.88. The van der Waals surface area contributed by atoms with Crippen LogP contribution in [0.2, 0.25) is 0 Å². The van der Waals surface area contributed by atoms with E-state index in [-0.39, 0.29) is 6.04 Å². The smallest absolute Gasteiger partial charge is 0.0658 e. The standard InChI is InChI=1S/C13H17N/c1-4-12(3)14-9-8-13-7-5-6-11(2)10-13/h1,5-7,10,12,14H,8-9H2,2-3H3. The molecule has 14 heavy (non-hydrogen) atoms. The maximum atomic E-state index is 5.26. The Kier molecular flexibility index (Phi) is 4.22. The number of hydrogen-bond acceptors (Lipinski definition) is 1. The molecular weight excluding hydrogens is 170 g/mol. The Labute approximate surface area is 86.5 Å². The Morgan fingerprint density at radius 1 is 1.50 bits per heavy atom. The van der Waals surface area contributed by atoms with Gasteiger partial charge in [-0.25, -0.2) is 0 Å².